The highest BCUT2D eigenvalue weighted by Gasteiger charge is 2.27. The molecule has 25 heavy (non-hydrogen) atoms. The molecule has 3 heterocycles. The number of fused-ring (bicyclic) bond motifs is 1. The van der Waals surface area contributed by atoms with Crippen LogP contribution in [-0.2, 0) is 9.53 Å². The Bertz CT molecular complexity index is 796. The Morgan fingerprint density at radius 1 is 1.16 bits per heavy atom. The summed E-state index contributed by atoms with van der Waals surface area (Å²) < 4.78 is 7.55. The van der Waals surface area contributed by atoms with Crippen LogP contribution in [0.4, 0.5) is 0 Å². The zero-order chi connectivity index (χ0) is 17.2. The number of hydrogen-bond donors (Lipinski definition) is 1. The van der Waals surface area contributed by atoms with E-state index in [2.05, 4.69) is 4.98 Å². The molecule has 0 bridgehead atoms. The number of amides is 1. The molecule has 1 amide bonds. The number of piperidine rings is 1. The molecular weight excluding hydrogens is 318 g/mol. The highest BCUT2D eigenvalue weighted by atomic mass is 16.5. The Labute approximate surface area is 146 Å². The van der Waals surface area contributed by atoms with Crippen molar-refractivity contribution >= 4 is 16.9 Å². The summed E-state index contributed by atoms with van der Waals surface area (Å²) in [5, 5.41) is 0. The van der Waals surface area contributed by atoms with E-state index in [4.69, 9.17) is 4.74 Å². The monoisotopic (exact) mass is 343 g/mol. The molecule has 6 heteroatoms. The van der Waals surface area contributed by atoms with E-state index in [1.165, 1.54) is 0 Å². The Hall–Kier alpha value is -2.08. The number of imidazole rings is 1. The third-order valence-corrected chi connectivity index (χ3v) is 5.48. The van der Waals surface area contributed by atoms with E-state index >= 15 is 0 Å². The van der Waals surface area contributed by atoms with Gasteiger partial charge in [0.25, 0.3) is 0 Å². The van der Waals surface area contributed by atoms with Crippen LogP contribution in [0.5, 0.6) is 0 Å². The van der Waals surface area contributed by atoms with E-state index in [0.717, 1.165) is 49.7 Å². The number of aromatic nitrogens is 2. The molecule has 2 saturated heterocycles. The first kappa shape index (κ1) is 16.4. The van der Waals surface area contributed by atoms with E-state index < -0.39 is 0 Å². The smallest absolute Gasteiger partial charge is 0.326 e. The Kier molecular flexibility index (Phi) is 4.61. The second-order valence-corrected chi connectivity index (χ2v) is 7.12. The number of nitrogens with zero attached hydrogens (tertiary/aromatic N) is 2. The van der Waals surface area contributed by atoms with Gasteiger partial charge in [0.2, 0.25) is 5.91 Å². The summed E-state index contributed by atoms with van der Waals surface area (Å²) in [7, 11) is 0. The van der Waals surface area contributed by atoms with Crippen LogP contribution in [0.2, 0.25) is 0 Å². The van der Waals surface area contributed by atoms with Crippen LogP contribution >= 0.6 is 0 Å². The molecule has 0 saturated carbocycles. The van der Waals surface area contributed by atoms with Crippen molar-refractivity contribution in [3.05, 3.63) is 34.7 Å². The summed E-state index contributed by atoms with van der Waals surface area (Å²) >= 11 is 0. The number of para-hydroxylation sites is 2. The molecule has 1 N–H and O–H groups in total. The van der Waals surface area contributed by atoms with Crippen molar-refractivity contribution in [2.75, 3.05) is 19.7 Å². The van der Waals surface area contributed by atoms with Gasteiger partial charge < -0.3 is 14.6 Å². The van der Waals surface area contributed by atoms with Gasteiger partial charge in [0, 0.05) is 25.7 Å². The fourth-order valence-corrected chi connectivity index (χ4v) is 4.10. The van der Waals surface area contributed by atoms with Gasteiger partial charge in [-0.05, 0) is 44.2 Å². The van der Waals surface area contributed by atoms with E-state index in [-0.39, 0.29) is 23.7 Å². The van der Waals surface area contributed by atoms with Crippen molar-refractivity contribution in [3.63, 3.8) is 0 Å². The number of nitrogens with one attached hydrogen (secondary N) is 1. The molecule has 2 aromatic rings. The molecule has 2 aliphatic heterocycles. The number of benzene rings is 1. The van der Waals surface area contributed by atoms with Gasteiger partial charge in [-0.3, -0.25) is 9.36 Å². The van der Waals surface area contributed by atoms with Crippen molar-refractivity contribution in [1.82, 2.24) is 14.5 Å². The summed E-state index contributed by atoms with van der Waals surface area (Å²) in [6.07, 6.45) is 5.48. The summed E-state index contributed by atoms with van der Waals surface area (Å²) in [5.74, 6) is 0.191. The van der Waals surface area contributed by atoms with Gasteiger partial charge in [0.1, 0.15) is 0 Å². The van der Waals surface area contributed by atoms with Crippen molar-refractivity contribution in [2.45, 2.75) is 50.7 Å². The lowest BCUT2D eigenvalue weighted by Gasteiger charge is -2.34. The number of hydrogen-bond acceptors (Lipinski definition) is 3. The summed E-state index contributed by atoms with van der Waals surface area (Å²) in [5.41, 5.74) is 1.77. The molecule has 134 valence electrons. The molecule has 0 spiro atoms. The zero-order valence-electron chi connectivity index (χ0n) is 14.4. The largest absolute Gasteiger partial charge is 0.378 e. The average molecular weight is 343 g/mol. The van der Waals surface area contributed by atoms with Crippen molar-refractivity contribution in [1.29, 1.82) is 0 Å². The molecule has 0 radical (unpaired) electrons. The Balaban J connectivity index is 1.40. The Morgan fingerprint density at radius 3 is 2.72 bits per heavy atom. The van der Waals surface area contributed by atoms with Crippen molar-refractivity contribution < 1.29 is 9.53 Å². The van der Waals surface area contributed by atoms with E-state index in [0.29, 0.717) is 19.5 Å². The van der Waals surface area contributed by atoms with Gasteiger partial charge in [-0.15, -0.1) is 0 Å². The van der Waals surface area contributed by atoms with Crippen LogP contribution < -0.4 is 5.69 Å². The number of aromatic amines is 1. The normalized spacial score (nSPS) is 22.4. The van der Waals surface area contributed by atoms with Crippen molar-refractivity contribution in [2.24, 2.45) is 0 Å². The first-order valence-corrected chi connectivity index (χ1v) is 9.31. The minimum atomic E-state index is -0.0541. The zero-order valence-corrected chi connectivity index (χ0v) is 14.4. The third kappa shape index (κ3) is 3.35. The van der Waals surface area contributed by atoms with Gasteiger partial charge in [-0.25, -0.2) is 4.79 Å². The molecule has 1 aromatic heterocycles. The predicted octanol–water partition coefficient (Wildman–Crippen LogP) is 2.45. The minimum Gasteiger partial charge on any atom is -0.378 e. The van der Waals surface area contributed by atoms with Gasteiger partial charge in [0.15, 0.2) is 0 Å². The molecule has 2 aliphatic rings. The Morgan fingerprint density at radius 2 is 1.96 bits per heavy atom. The summed E-state index contributed by atoms with van der Waals surface area (Å²) in [6, 6.07) is 7.94. The van der Waals surface area contributed by atoms with Crippen LogP contribution in [0, 0.1) is 0 Å². The lowest BCUT2D eigenvalue weighted by Crippen LogP contribution is -2.42. The summed E-state index contributed by atoms with van der Waals surface area (Å²) in [6.45, 7) is 2.20. The minimum absolute atomic E-state index is 0.0541. The van der Waals surface area contributed by atoms with E-state index in [1.807, 2.05) is 33.7 Å². The molecule has 0 aliphatic carbocycles. The molecule has 2 fully saturated rings. The number of ether oxygens (including phenoxy) is 1. The maximum Gasteiger partial charge on any atom is 0.326 e. The van der Waals surface area contributed by atoms with Crippen LogP contribution in [0.1, 0.15) is 44.6 Å². The standard InChI is InChI=1S/C19H25N3O3/c23-18(13-15-5-3-4-12-25-15)21-10-8-14(9-11-21)22-17-7-2-1-6-16(17)20-19(22)24/h1-2,6-7,14-15H,3-5,8-13H2,(H,20,24). The molecule has 1 atom stereocenters. The molecule has 4 rings (SSSR count). The van der Waals surface area contributed by atoms with Gasteiger partial charge in [-0.1, -0.05) is 12.1 Å². The van der Waals surface area contributed by atoms with Gasteiger partial charge in [0.05, 0.1) is 23.6 Å². The lowest BCUT2D eigenvalue weighted by atomic mass is 10.0. The van der Waals surface area contributed by atoms with Gasteiger partial charge >= 0.3 is 5.69 Å². The number of rotatable bonds is 3. The number of likely N-dealkylation sites (tertiary alicyclic amines) is 1. The average Bonchev–Trinajstić information content (AvgIpc) is 2.98. The van der Waals surface area contributed by atoms with Crippen LogP contribution in [0.25, 0.3) is 11.0 Å². The number of H-pyrrole nitrogens is 1. The van der Waals surface area contributed by atoms with Crippen LogP contribution in [0.3, 0.4) is 0 Å². The van der Waals surface area contributed by atoms with E-state index in [1.54, 1.807) is 0 Å². The molecular formula is C19H25N3O3. The molecule has 6 nitrogen and oxygen atoms in total. The first-order valence-electron chi connectivity index (χ1n) is 9.31. The lowest BCUT2D eigenvalue weighted by molar-refractivity contribution is -0.136. The van der Waals surface area contributed by atoms with E-state index in [9.17, 15) is 9.59 Å². The molecule has 1 unspecified atom stereocenters. The topological polar surface area (TPSA) is 67.3 Å². The number of carbonyl (C=O) groups excluding carboxylic acids is 1. The predicted molar refractivity (Wildman–Crippen MR) is 95.6 cm³/mol. The van der Waals surface area contributed by atoms with Crippen LogP contribution in [-0.4, -0.2) is 46.2 Å². The fourth-order valence-electron chi connectivity index (χ4n) is 4.10. The molecule has 1 aromatic carbocycles. The maximum absolute atomic E-state index is 12.5. The highest BCUT2D eigenvalue weighted by Crippen LogP contribution is 2.26. The van der Waals surface area contributed by atoms with Gasteiger partial charge in [-0.2, -0.15) is 0 Å². The SMILES string of the molecule is O=C(CC1CCCCO1)N1CCC(n2c(=O)[nH]c3ccccc32)CC1. The van der Waals surface area contributed by atoms with Crippen LogP contribution in [0.15, 0.2) is 29.1 Å². The third-order valence-electron chi connectivity index (χ3n) is 5.48. The second kappa shape index (κ2) is 7.04. The van der Waals surface area contributed by atoms with Crippen molar-refractivity contribution in [3.8, 4) is 0 Å². The quantitative estimate of drug-likeness (QED) is 0.931. The maximum atomic E-state index is 12.5. The number of carbonyl (C=O) groups is 1. The highest BCUT2D eigenvalue weighted by molar-refractivity contribution is 5.77. The summed E-state index contributed by atoms with van der Waals surface area (Å²) in [4.78, 5) is 29.7. The second-order valence-electron chi connectivity index (χ2n) is 7.12. The first-order chi connectivity index (χ1) is 12.2. The fraction of sp³-hybridized carbons (Fsp3) is 0.579.